The Morgan fingerprint density at radius 3 is 2.36 bits per heavy atom. The standard InChI is InChI=1S/C17H23FN2O.ClH/c18-16-7-5-15(6-8-16)12-20(11-14-3-4-14)17(21)10-19-9-13-1-2-13;/h5-8,13-14,19H,1-4,9-12H2;1H. The van der Waals surface area contributed by atoms with E-state index in [-0.39, 0.29) is 24.1 Å². The molecule has 0 unspecified atom stereocenters. The van der Waals surface area contributed by atoms with Gasteiger partial charge in [0.1, 0.15) is 5.82 Å². The van der Waals surface area contributed by atoms with E-state index in [0.717, 1.165) is 24.6 Å². The molecular weight excluding hydrogens is 303 g/mol. The second-order valence-electron chi connectivity index (χ2n) is 6.42. The largest absolute Gasteiger partial charge is 0.337 e. The average Bonchev–Trinajstić information content (AvgIpc) is 3.34. The minimum atomic E-state index is -0.232. The Morgan fingerprint density at radius 1 is 1.14 bits per heavy atom. The summed E-state index contributed by atoms with van der Waals surface area (Å²) in [6.07, 6.45) is 5.04. The fourth-order valence-electron chi connectivity index (χ4n) is 2.49. The van der Waals surface area contributed by atoms with Gasteiger partial charge < -0.3 is 10.2 Å². The van der Waals surface area contributed by atoms with E-state index in [1.165, 1.54) is 37.8 Å². The molecule has 0 atom stereocenters. The summed E-state index contributed by atoms with van der Waals surface area (Å²) in [5.74, 6) is 1.38. The fraction of sp³-hybridized carbons (Fsp3) is 0.588. The Bertz CT molecular complexity index is 486. The molecule has 0 heterocycles. The van der Waals surface area contributed by atoms with Gasteiger partial charge in [-0.05, 0) is 61.8 Å². The topological polar surface area (TPSA) is 32.3 Å². The van der Waals surface area contributed by atoms with Crippen molar-refractivity contribution in [2.24, 2.45) is 11.8 Å². The lowest BCUT2D eigenvalue weighted by atomic mass is 10.2. The molecule has 22 heavy (non-hydrogen) atoms. The summed E-state index contributed by atoms with van der Waals surface area (Å²) in [6, 6.07) is 6.45. The Labute approximate surface area is 137 Å². The van der Waals surface area contributed by atoms with E-state index in [9.17, 15) is 9.18 Å². The van der Waals surface area contributed by atoms with Gasteiger partial charge in [-0.1, -0.05) is 12.1 Å². The van der Waals surface area contributed by atoms with E-state index >= 15 is 0 Å². The molecule has 122 valence electrons. The fourth-order valence-corrected chi connectivity index (χ4v) is 2.49. The minimum absolute atomic E-state index is 0. The number of hydrogen-bond donors (Lipinski definition) is 1. The molecule has 1 aromatic rings. The number of nitrogens with zero attached hydrogens (tertiary/aromatic N) is 1. The third-order valence-corrected chi connectivity index (χ3v) is 4.22. The van der Waals surface area contributed by atoms with Gasteiger partial charge in [-0.25, -0.2) is 4.39 Å². The van der Waals surface area contributed by atoms with Crippen LogP contribution in [0.2, 0.25) is 0 Å². The zero-order chi connectivity index (χ0) is 14.7. The molecule has 2 aliphatic carbocycles. The molecule has 1 N–H and O–H groups in total. The first-order valence-corrected chi connectivity index (χ1v) is 7.93. The first-order valence-electron chi connectivity index (χ1n) is 7.93. The van der Waals surface area contributed by atoms with Crippen LogP contribution in [0.1, 0.15) is 31.2 Å². The Balaban J connectivity index is 0.00000176. The Morgan fingerprint density at radius 2 is 1.77 bits per heavy atom. The van der Waals surface area contributed by atoms with Gasteiger partial charge in [0.25, 0.3) is 0 Å². The van der Waals surface area contributed by atoms with Gasteiger partial charge >= 0.3 is 0 Å². The van der Waals surface area contributed by atoms with Crippen LogP contribution in [0.3, 0.4) is 0 Å². The van der Waals surface area contributed by atoms with Crippen molar-refractivity contribution >= 4 is 18.3 Å². The number of amides is 1. The number of hydrogen-bond acceptors (Lipinski definition) is 2. The van der Waals surface area contributed by atoms with Gasteiger partial charge in [-0.2, -0.15) is 0 Å². The molecule has 0 spiro atoms. The maximum absolute atomic E-state index is 13.0. The summed E-state index contributed by atoms with van der Waals surface area (Å²) in [6.45, 7) is 2.80. The van der Waals surface area contributed by atoms with Crippen molar-refractivity contribution in [1.29, 1.82) is 0 Å². The van der Waals surface area contributed by atoms with Crippen LogP contribution in [0, 0.1) is 17.7 Å². The third kappa shape index (κ3) is 5.58. The Kier molecular flexibility index (Phi) is 6.21. The summed E-state index contributed by atoms with van der Waals surface area (Å²) in [5.41, 5.74) is 0.993. The summed E-state index contributed by atoms with van der Waals surface area (Å²) in [4.78, 5) is 14.3. The Hall–Kier alpha value is -1.13. The quantitative estimate of drug-likeness (QED) is 0.796. The summed E-state index contributed by atoms with van der Waals surface area (Å²) >= 11 is 0. The molecule has 5 heteroatoms. The number of rotatable bonds is 8. The number of halogens is 2. The van der Waals surface area contributed by atoms with E-state index in [1.807, 2.05) is 4.90 Å². The van der Waals surface area contributed by atoms with Crippen molar-refractivity contribution < 1.29 is 9.18 Å². The molecule has 3 rings (SSSR count). The highest BCUT2D eigenvalue weighted by Gasteiger charge is 2.27. The highest BCUT2D eigenvalue weighted by molar-refractivity contribution is 5.85. The van der Waals surface area contributed by atoms with Crippen LogP contribution in [0.25, 0.3) is 0 Å². The van der Waals surface area contributed by atoms with Gasteiger partial charge in [0.05, 0.1) is 6.54 Å². The third-order valence-electron chi connectivity index (χ3n) is 4.22. The van der Waals surface area contributed by atoms with Crippen LogP contribution in [0.5, 0.6) is 0 Å². The van der Waals surface area contributed by atoms with E-state index < -0.39 is 0 Å². The SMILES string of the molecule is Cl.O=C(CNCC1CC1)N(Cc1ccc(F)cc1)CC1CC1. The molecular formula is C17H24ClFN2O. The summed E-state index contributed by atoms with van der Waals surface area (Å²) < 4.78 is 13.0. The first kappa shape index (κ1) is 17.2. The number of benzene rings is 1. The number of carbonyl (C=O) groups excluding carboxylic acids is 1. The summed E-state index contributed by atoms with van der Waals surface area (Å²) in [5, 5.41) is 3.26. The van der Waals surface area contributed by atoms with Crippen molar-refractivity contribution in [2.45, 2.75) is 32.2 Å². The molecule has 2 saturated carbocycles. The molecule has 3 nitrogen and oxygen atoms in total. The molecule has 1 amide bonds. The second kappa shape index (κ2) is 7.93. The highest BCUT2D eigenvalue weighted by Crippen LogP contribution is 2.30. The van der Waals surface area contributed by atoms with E-state index in [4.69, 9.17) is 0 Å². The van der Waals surface area contributed by atoms with Crippen molar-refractivity contribution in [2.75, 3.05) is 19.6 Å². The van der Waals surface area contributed by atoms with Crippen molar-refractivity contribution in [1.82, 2.24) is 10.2 Å². The number of nitrogens with one attached hydrogen (secondary N) is 1. The van der Waals surface area contributed by atoms with Gasteiger partial charge in [0, 0.05) is 13.1 Å². The van der Waals surface area contributed by atoms with Crippen LogP contribution < -0.4 is 5.32 Å². The molecule has 0 bridgehead atoms. The molecule has 0 aliphatic heterocycles. The van der Waals surface area contributed by atoms with Crippen LogP contribution in [-0.4, -0.2) is 30.4 Å². The van der Waals surface area contributed by atoms with Crippen LogP contribution in [-0.2, 0) is 11.3 Å². The van der Waals surface area contributed by atoms with Crippen LogP contribution >= 0.6 is 12.4 Å². The predicted molar refractivity (Wildman–Crippen MR) is 87.4 cm³/mol. The van der Waals surface area contributed by atoms with Crippen LogP contribution in [0.4, 0.5) is 4.39 Å². The second-order valence-corrected chi connectivity index (χ2v) is 6.42. The van der Waals surface area contributed by atoms with Crippen molar-refractivity contribution in [3.8, 4) is 0 Å². The van der Waals surface area contributed by atoms with E-state index in [1.54, 1.807) is 12.1 Å². The first-order chi connectivity index (χ1) is 10.2. The maximum Gasteiger partial charge on any atom is 0.236 e. The normalized spacial score (nSPS) is 17.0. The van der Waals surface area contributed by atoms with E-state index in [2.05, 4.69) is 5.32 Å². The summed E-state index contributed by atoms with van der Waals surface area (Å²) in [7, 11) is 0. The van der Waals surface area contributed by atoms with Gasteiger partial charge in [0.15, 0.2) is 0 Å². The molecule has 0 radical (unpaired) electrons. The zero-order valence-corrected chi connectivity index (χ0v) is 13.6. The molecule has 1 aromatic carbocycles. The van der Waals surface area contributed by atoms with Gasteiger partial charge in [-0.3, -0.25) is 4.79 Å². The maximum atomic E-state index is 13.0. The molecule has 0 saturated heterocycles. The minimum Gasteiger partial charge on any atom is -0.337 e. The van der Waals surface area contributed by atoms with Crippen molar-refractivity contribution in [3.63, 3.8) is 0 Å². The van der Waals surface area contributed by atoms with Gasteiger partial charge in [0.2, 0.25) is 5.91 Å². The lowest BCUT2D eigenvalue weighted by molar-refractivity contribution is -0.131. The molecule has 2 aliphatic rings. The van der Waals surface area contributed by atoms with Gasteiger partial charge in [-0.15, -0.1) is 12.4 Å². The smallest absolute Gasteiger partial charge is 0.236 e. The molecule has 2 fully saturated rings. The lowest BCUT2D eigenvalue weighted by Gasteiger charge is -2.23. The predicted octanol–water partition coefficient (Wildman–Crippen LogP) is 2.99. The number of carbonyl (C=O) groups is 1. The zero-order valence-electron chi connectivity index (χ0n) is 12.8. The van der Waals surface area contributed by atoms with Crippen molar-refractivity contribution in [3.05, 3.63) is 35.6 Å². The lowest BCUT2D eigenvalue weighted by Crippen LogP contribution is -2.39. The van der Waals surface area contributed by atoms with Crippen LogP contribution in [0.15, 0.2) is 24.3 Å². The van der Waals surface area contributed by atoms with E-state index in [0.29, 0.717) is 19.0 Å². The highest BCUT2D eigenvalue weighted by atomic mass is 35.5. The monoisotopic (exact) mass is 326 g/mol. The molecule has 0 aromatic heterocycles. The average molecular weight is 327 g/mol.